The molecule has 0 aliphatic carbocycles. The van der Waals surface area contributed by atoms with Gasteiger partial charge in [0.1, 0.15) is 0 Å². The van der Waals surface area contributed by atoms with Crippen LogP contribution in [0.5, 0.6) is 0 Å². The second-order valence-electron chi connectivity index (χ2n) is 4.78. The molecule has 0 saturated carbocycles. The summed E-state index contributed by atoms with van der Waals surface area (Å²) in [7, 11) is 2.06. The van der Waals surface area contributed by atoms with Crippen LogP contribution in [0.4, 0.5) is 5.69 Å². The molecule has 0 unspecified atom stereocenters. The van der Waals surface area contributed by atoms with Gasteiger partial charge in [-0.1, -0.05) is 15.9 Å². The molecule has 0 saturated heterocycles. The van der Waals surface area contributed by atoms with Crippen molar-refractivity contribution in [2.75, 3.05) is 20.1 Å². The molecular formula is C13H20BrN3O2. The lowest BCUT2D eigenvalue weighted by atomic mass is 10.2. The van der Waals surface area contributed by atoms with E-state index in [1.807, 2.05) is 6.07 Å². The van der Waals surface area contributed by atoms with Crippen molar-refractivity contribution in [1.82, 2.24) is 10.2 Å². The SMILES string of the molecule is CC(C)N(C)CCNCc1ccc(Br)cc1[N+](=O)[O-]. The summed E-state index contributed by atoms with van der Waals surface area (Å²) in [5, 5.41) is 14.2. The molecule has 1 aromatic carbocycles. The first-order valence-electron chi connectivity index (χ1n) is 6.25. The second kappa shape index (κ2) is 7.57. The molecule has 0 atom stereocenters. The van der Waals surface area contributed by atoms with Gasteiger partial charge in [0, 0.05) is 41.8 Å². The van der Waals surface area contributed by atoms with Crippen molar-refractivity contribution < 1.29 is 4.92 Å². The lowest BCUT2D eigenvalue weighted by Gasteiger charge is -2.20. The summed E-state index contributed by atoms with van der Waals surface area (Å²) in [6.07, 6.45) is 0. The number of benzene rings is 1. The van der Waals surface area contributed by atoms with Crippen molar-refractivity contribution in [1.29, 1.82) is 0 Å². The van der Waals surface area contributed by atoms with Crippen LogP contribution in [0.3, 0.4) is 0 Å². The second-order valence-corrected chi connectivity index (χ2v) is 5.70. The molecule has 1 rings (SSSR count). The zero-order chi connectivity index (χ0) is 14.4. The van der Waals surface area contributed by atoms with Gasteiger partial charge >= 0.3 is 0 Å². The third-order valence-electron chi connectivity index (χ3n) is 3.08. The van der Waals surface area contributed by atoms with E-state index >= 15 is 0 Å². The molecule has 0 spiro atoms. The highest BCUT2D eigenvalue weighted by atomic mass is 79.9. The number of hydrogen-bond acceptors (Lipinski definition) is 4. The maximum absolute atomic E-state index is 11.0. The molecule has 0 amide bonds. The van der Waals surface area contributed by atoms with Gasteiger partial charge in [0.2, 0.25) is 0 Å². The van der Waals surface area contributed by atoms with Crippen molar-refractivity contribution in [3.63, 3.8) is 0 Å². The summed E-state index contributed by atoms with van der Waals surface area (Å²) in [6, 6.07) is 5.65. The molecule has 0 bridgehead atoms. The highest BCUT2D eigenvalue weighted by Gasteiger charge is 2.13. The predicted octanol–water partition coefficient (Wildman–Crippen LogP) is 2.79. The third kappa shape index (κ3) is 5.26. The van der Waals surface area contributed by atoms with Crippen LogP contribution >= 0.6 is 15.9 Å². The Morgan fingerprint density at radius 1 is 1.47 bits per heavy atom. The van der Waals surface area contributed by atoms with Gasteiger partial charge in [0.15, 0.2) is 0 Å². The highest BCUT2D eigenvalue weighted by Crippen LogP contribution is 2.23. The molecule has 6 heteroatoms. The fraction of sp³-hybridized carbons (Fsp3) is 0.538. The van der Waals surface area contributed by atoms with E-state index in [-0.39, 0.29) is 10.6 Å². The van der Waals surface area contributed by atoms with E-state index in [0.29, 0.717) is 18.2 Å². The van der Waals surface area contributed by atoms with Gasteiger partial charge in [0.05, 0.1) is 4.92 Å². The number of nitrogens with zero attached hydrogens (tertiary/aromatic N) is 2. The van der Waals surface area contributed by atoms with Crippen LogP contribution in [0.25, 0.3) is 0 Å². The van der Waals surface area contributed by atoms with Gasteiger partial charge in [-0.05, 0) is 33.0 Å². The maximum Gasteiger partial charge on any atom is 0.275 e. The normalized spacial score (nSPS) is 11.3. The Morgan fingerprint density at radius 2 is 2.16 bits per heavy atom. The molecule has 19 heavy (non-hydrogen) atoms. The Kier molecular flexibility index (Phi) is 6.41. The number of rotatable bonds is 7. The minimum absolute atomic E-state index is 0.152. The van der Waals surface area contributed by atoms with Crippen molar-refractivity contribution in [3.05, 3.63) is 38.3 Å². The summed E-state index contributed by atoms with van der Waals surface area (Å²) in [6.45, 7) is 6.51. The van der Waals surface area contributed by atoms with Gasteiger partial charge in [-0.3, -0.25) is 10.1 Å². The Labute approximate surface area is 122 Å². The van der Waals surface area contributed by atoms with Crippen molar-refractivity contribution in [3.8, 4) is 0 Å². The Bertz CT molecular complexity index is 438. The van der Waals surface area contributed by atoms with Gasteiger partial charge in [-0.15, -0.1) is 0 Å². The van der Waals surface area contributed by atoms with Crippen LogP contribution in [-0.2, 0) is 6.54 Å². The standard InChI is InChI=1S/C13H20BrN3O2/c1-10(2)16(3)7-6-15-9-11-4-5-12(14)8-13(11)17(18)19/h4-5,8,10,15H,6-7,9H2,1-3H3. The number of likely N-dealkylation sites (N-methyl/N-ethyl adjacent to an activating group) is 1. The summed E-state index contributed by atoms with van der Waals surface area (Å²) in [4.78, 5) is 12.8. The van der Waals surface area contributed by atoms with E-state index in [2.05, 4.69) is 47.0 Å². The number of nitro groups is 1. The Balaban J connectivity index is 2.52. The molecule has 0 aromatic heterocycles. The molecule has 0 radical (unpaired) electrons. The van der Waals surface area contributed by atoms with E-state index in [9.17, 15) is 10.1 Å². The van der Waals surface area contributed by atoms with E-state index in [0.717, 1.165) is 17.6 Å². The molecule has 0 aliphatic heterocycles. The first-order chi connectivity index (χ1) is 8.91. The summed E-state index contributed by atoms with van der Waals surface area (Å²) in [5.41, 5.74) is 0.861. The van der Waals surface area contributed by atoms with Gasteiger partial charge in [-0.2, -0.15) is 0 Å². The molecule has 0 aliphatic rings. The first-order valence-corrected chi connectivity index (χ1v) is 7.05. The van der Waals surface area contributed by atoms with Crippen molar-refractivity contribution in [2.45, 2.75) is 26.4 Å². The molecule has 0 fully saturated rings. The molecule has 5 nitrogen and oxygen atoms in total. The minimum Gasteiger partial charge on any atom is -0.311 e. The highest BCUT2D eigenvalue weighted by molar-refractivity contribution is 9.10. The average Bonchev–Trinajstić information content (AvgIpc) is 2.35. The summed E-state index contributed by atoms with van der Waals surface area (Å²) in [5.74, 6) is 0. The summed E-state index contributed by atoms with van der Waals surface area (Å²) >= 11 is 3.25. The maximum atomic E-state index is 11.0. The number of nitrogens with one attached hydrogen (secondary N) is 1. The monoisotopic (exact) mass is 329 g/mol. The smallest absolute Gasteiger partial charge is 0.275 e. The number of nitro benzene ring substituents is 1. The fourth-order valence-corrected chi connectivity index (χ4v) is 1.94. The largest absolute Gasteiger partial charge is 0.311 e. The Hall–Kier alpha value is -0.980. The third-order valence-corrected chi connectivity index (χ3v) is 3.58. The lowest BCUT2D eigenvalue weighted by molar-refractivity contribution is -0.385. The first kappa shape index (κ1) is 16.1. The van der Waals surface area contributed by atoms with Crippen LogP contribution in [0, 0.1) is 10.1 Å². The molecular weight excluding hydrogens is 310 g/mol. The molecule has 106 valence electrons. The fourth-order valence-electron chi connectivity index (χ4n) is 1.59. The quantitative estimate of drug-likeness (QED) is 0.474. The van der Waals surface area contributed by atoms with E-state index < -0.39 is 0 Å². The molecule has 1 N–H and O–H groups in total. The van der Waals surface area contributed by atoms with Gasteiger partial charge in [-0.25, -0.2) is 0 Å². The Morgan fingerprint density at radius 3 is 2.74 bits per heavy atom. The van der Waals surface area contributed by atoms with Crippen molar-refractivity contribution in [2.24, 2.45) is 0 Å². The number of hydrogen-bond donors (Lipinski definition) is 1. The zero-order valence-electron chi connectivity index (χ0n) is 11.5. The van der Waals surface area contributed by atoms with Crippen molar-refractivity contribution >= 4 is 21.6 Å². The zero-order valence-corrected chi connectivity index (χ0v) is 13.1. The van der Waals surface area contributed by atoms with Crippen LogP contribution < -0.4 is 5.32 Å². The summed E-state index contributed by atoms with van der Waals surface area (Å²) < 4.78 is 0.725. The van der Waals surface area contributed by atoms with Crippen LogP contribution in [-0.4, -0.2) is 36.0 Å². The minimum atomic E-state index is -0.345. The van der Waals surface area contributed by atoms with Crippen LogP contribution in [0.15, 0.2) is 22.7 Å². The topological polar surface area (TPSA) is 58.4 Å². The van der Waals surface area contributed by atoms with E-state index in [1.54, 1.807) is 6.07 Å². The van der Waals surface area contributed by atoms with E-state index in [4.69, 9.17) is 0 Å². The molecule has 1 aromatic rings. The number of halogens is 1. The predicted molar refractivity (Wildman–Crippen MR) is 80.3 cm³/mol. The molecule has 0 heterocycles. The van der Waals surface area contributed by atoms with Gasteiger partial charge < -0.3 is 10.2 Å². The van der Waals surface area contributed by atoms with E-state index in [1.165, 1.54) is 6.07 Å². The van der Waals surface area contributed by atoms with Gasteiger partial charge in [0.25, 0.3) is 5.69 Å². The van der Waals surface area contributed by atoms with Crippen LogP contribution in [0.1, 0.15) is 19.4 Å². The lowest BCUT2D eigenvalue weighted by Crippen LogP contribution is -2.33. The average molecular weight is 330 g/mol. The van der Waals surface area contributed by atoms with Crippen LogP contribution in [0.2, 0.25) is 0 Å².